The van der Waals surface area contributed by atoms with Gasteiger partial charge in [0.25, 0.3) is 0 Å². The summed E-state index contributed by atoms with van der Waals surface area (Å²) in [6.07, 6.45) is 3.25. The standard InChI is InChI=1S/C22H23BrFN5O3/c1-2-32-22(30)18-17(13-29-8-10-31-11-9-29)27-21(20-25-6-3-7-26-20)28-19(18)15-5-4-14(24)12-16(15)23/h3-7,12,19H,2,8-11,13H2,1H3,(H,27,28). The molecule has 0 aliphatic carbocycles. The third-order valence-corrected chi connectivity index (χ3v) is 5.83. The number of rotatable bonds is 6. The van der Waals surface area contributed by atoms with Gasteiger partial charge in [0.05, 0.1) is 25.4 Å². The molecule has 2 aliphatic rings. The van der Waals surface area contributed by atoms with E-state index in [4.69, 9.17) is 14.5 Å². The Morgan fingerprint density at radius 1 is 1.31 bits per heavy atom. The lowest BCUT2D eigenvalue weighted by molar-refractivity contribution is -0.139. The lowest BCUT2D eigenvalue weighted by atomic mass is 9.95. The van der Waals surface area contributed by atoms with E-state index in [9.17, 15) is 9.18 Å². The smallest absolute Gasteiger partial charge is 0.338 e. The zero-order valence-electron chi connectivity index (χ0n) is 17.6. The maximum atomic E-state index is 13.8. The fraction of sp³-hybridized carbons (Fsp3) is 0.364. The largest absolute Gasteiger partial charge is 0.463 e. The van der Waals surface area contributed by atoms with Crippen molar-refractivity contribution in [1.29, 1.82) is 0 Å². The number of benzene rings is 1. The number of amidine groups is 1. The number of carbonyl (C=O) groups is 1. The lowest BCUT2D eigenvalue weighted by Gasteiger charge is -2.32. The summed E-state index contributed by atoms with van der Waals surface area (Å²) in [4.78, 5) is 28.7. The van der Waals surface area contributed by atoms with E-state index in [0.29, 0.717) is 52.7 Å². The monoisotopic (exact) mass is 503 g/mol. The van der Waals surface area contributed by atoms with Crippen LogP contribution in [0, 0.1) is 5.82 Å². The average molecular weight is 504 g/mol. The molecule has 3 heterocycles. The Kier molecular flexibility index (Phi) is 7.23. The second-order valence-electron chi connectivity index (χ2n) is 7.24. The number of halogens is 2. The summed E-state index contributed by atoms with van der Waals surface area (Å²) in [5.74, 6) is -0.0251. The van der Waals surface area contributed by atoms with Crippen molar-refractivity contribution in [3.8, 4) is 0 Å². The molecular weight excluding hydrogens is 481 g/mol. The van der Waals surface area contributed by atoms with Crippen LogP contribution in [0.2, 0.25) is 0 Å². The number of carbonyl (C=O) groups excluding carboxylic acids is 1. The van der Waals surface area contributed by atoms with Crippen LogP contribution in [0.1, 0.15) is 24.4 Å². The van der Waals surface area contributed by atoms with Crippen LogP contribution in [0.15, 0.2) is 57.4 Å². The highest BCUT2D eigenvalue weighted by Gasteiger charge is 2.34. The van der Waals surface area contributed by atoms with Crippen molar-refractivity contribution in [2.24, 2.45) is 4.99 Å². The van der Waals surface area contributed by atoms with E-state index in [1.54, 1.807) is 31.5 Å². The minimum atomic E-state index is -0.722. The minimum absolute atomic E-state index is 0.225. The molecule has 1 saturated heterocycles. The Bertz CT molecular complexity index is 1040. The number of hydrogen-bond acceptors (Lipinski definition) is 8. The molecule has 8 nitrogen and oxygen atoms in total. The Morgan fingerprint density at radius 3 is 2.75 bits per heavy atom. The number of aromatic nitrogens is 2. The Morgan fingerprint density at radius 2 is 2.06 bits per heavy atom. The molecule has 1 N–H and O–H groups in total. The van der Waals surface area contributed by atoms with Crippen molar-refractivity contribution in [3.63, 3.8) is 0 Å². The van der Waals surface area contributed by atoms with E-state index in [-0.39, 0.29) is 12.4 Å². The van der Waals surface area contributed by atoms with E-state index in [0.717, 1.165) is 13.1 Å². The zero-order valence-corrected chi connectivity index (χ0v) is 19.1. The summed E-state index contributed by atoms with van der Waals surface area (Å²) >= 11 is 3.43. The fourth-order valence-corrected chi connectivity index (χ4v) is 4.20. The molecule has 1 fully saturated rings. The predicted octanol–water partition coefficient (Wildman–Crippen LogP) is 2.62. The molecule has 0 amide bonds. The first-order chi connectivity index (χ1) is 15.6. The molecule has 1 unspecified atom stereocenters. The molecule has 32 heavy (non-hydrogen) atoms. The van der Waals surface area contributed by atoms with Crippen LogP contribution in [0.5, 0.6) is 0 Å². The minimum Gasteiger partial charge on any atom is -0.463 e. The topological polar surface area (TPSA) is 88.9 Å². The van der Waals surface area contributed by atoms with Crippen LogP contribution < -0.4 is 5.32 Å². The van der Waals surface area contributed by atoms with E-state index in [1.165, 1.54) is 12.1 Å². The number of hydrogen-bond donors (Lipinski definition) is 1. The summed E-state index contributed by atoms with van der Waals surface area (Å²) in [6.45, 7) is 5.17. The number of esters is 1. The molecule has 0 spiro atoms. The number of morpholine rings is 1. The van der Waals surface area contributed by atoms with E-state index >= 15 is 0 Å². The van der Waals surface area contributed by atoms with E-state index in [1.807, 2.05) is 0 Å². The van der Waals surface area contributed by atoms with Crippen molar-refractivity contribution >= 4 is 27.7 Å². The van der Waals surface area contributed by atoms with Gasteiger partial charge in [-0.05, 0) is 30.7 Å². The first-order valence-electron chi connectivity index (χ1n) is 10.3. The highest BCUT2D eigenvalue weighted by Crippen LogP contribution is 2.36. The summed E-state index contributed by atoms with van der Waals surface area (Å²) in [5.41, 5.74) is 1.68. The molecule has 1 aromatic heterocycles. The van der Waals surface area contributed by atoms with Crippen LogP contribution in [-0.2, 0) is 14.3 Å². The molecule has 0 radical (unpaired) electrons. The van der Waals surface area contributed by atoms with Crippen molar-refractivity contribution < 1.29 is 18.7 Å². The van der Waals surface area contributed by atoms with Gasteiger partial charge < -0.3 is 14.8 Å². The van der Waals surface area contributed by atoms with Crippen LogP contribution in [0.4, 0.5) is 4.39 Å². The SMILES string of the molecule is CCOC(=O)C1=C(CN2CCOCC2)NC(c2ncccn2)=NC1c1ccc(F)cc1Br. The predicted molar refractivity (Wildman–Crippen MR) is 119 cm³/mol. The molecule has 1 aromatic carbocycles. The van der Waals surface area contributed by atoms with Crippen LogP contribution in [0.25, 0.3) is 0 Å². The molecule has 10 heteroatoms. The maximum absolute atomic E-state index is 13.8. The van der Waals surface area contributed by atoms with Crippen molar-refractivity contribution in [1.82, 2.24) is 20.2 Å². The van der Waals surface area contributed by atoms with Gasteiger partial charge in [-0.2, -0.15) is 0 Å². The van der Waals surface area contributed by atoms with Crippen molar-refractivity contribution in [2.75, 3.05) is 39.5 Å². The van der Waals surface area contributed by atoms with Crippen molar-refractivity contribution in [3.05, 3.63) is 69.6 Å². The molecule has 2 aliphatic heterocycles. The van der Waals surface area contributed by atoms with Gasteiger partial charge in [-0.1, -0.05) is 22.0 Å². The highest BCUT2D eigenvalue weighted by molar-refractivity contribution is 9.10. The zero-order chi connectivity index (χ0) is 22.5. The normalized spacial score (nSPS) is 19.3. The van der Waals surface area contributed by atoms with Gasteiger partial charge in [0.1, 0.15) is 11.9 Å². The number of nitrogens with one attached hydrogen (secondary N) is 1. The molecule has 1 atom stereocenters. The highest BCUT2D eigenvalue weighted by atomic mass is 79.9. The van der Waals surface area contributed by atoms with Crippen LogP contribution in [-0.4, -0.2) is 66.1 Å². The third kappa shape index (κ3) is 5.03. The average Bonchev–Trinajstić information content (AvgIpc) is 2.80. The maximum Gasteiger partial charge on any atom is 0.338 e. The second-order valence-corrected chi connectivity index (χ2v) is 8.10. The molecule has 0 bridgehead atoms. The van der Waals surface area contributed by atoms with Gasteiger partial charge in [-0.15, -0.1) is 0 Å². The Balaban J connectivity index is 1.82. The van der Waals surface area contributed by atoms with Gasteiger partial charge in [0.2, 0.25) is 0 Å². The third-order valence-electron chi connectivity index (χ3n) is 5.14. The van der Waals surface area contributed by atoms with E-state index in [2.05, 4.69) is 36.1 Å². The molecule has 2 aromatic rings. The summed E-state index contributed by atoms with van der Waals surface area (Å²) < 4.78 is 25.1. The summed E-state index contributed by atoms with van der Waals surface area (Å²) in [5, 5.41) is 3.27. The second kappa shape index (κ2) is 10.3. The number of ether oxygens (including phenoxy) is 2. The lowest BCUT2D eigenvalue weighted by Crippen LogP contribution is -2.43. The van der Waals surface area contributed by atoms with Gasteiger partial charge in [-0.3, -0.25) is 9.89 Å². The van der Waals surface area contributed by atoms with Gasteiger partial charge >= 0.3 is 5.97 Å². The Labute approximate surface area is 193 Å². The first kappa shape index (κ1) is 22.5. The fourth-order valence-electron chi connectivity index (χ4n) is 3.64. The molecular formula is C22H23BrFN5O3. The van der Waals surface area contributed by atoms with Crippen molar-refractivity contribution in [2.45, 2.75) is 13.0 Å². The summed E-state index contributed by atoms with van der Waals surface area (Å²) in [7, 11) is 0. The molecule has 0 saturated carbocycles. The quantitative estimate of drug-likeness (QED) is 0.606. The summed E-state index contributed by atoms with van der Waals surface area (Å²) in [6, 6.07) is 5.32. The van der Waals surface area contributed by atoms with Gasteiger partial charge in [0, 0.05) is 42.2 Å². The Hall–Kier alpha value is -2.69. The van der Waals surface area contributed by atoms with Gasteiger partial charge in [-0.25, -0.2) is 19.2 Å². The van der Waals surface area contributed by atoms with E-state index < -0.39 is 12.0 Å². The van der Waals surface area contributed by atoms with Gasteiger partial charge in [0.15, 0.2) is 11.7 Å². The van der Waals surface area contributed by atoms with Crippen LogP contribution >= 0.6 is 15.9 Å². The molecule has 4 rings (SSSR count). The first-order valence-corrected chi connectivity index (χ1v) is 11.1. The van der Waals surface area contributed by atoms with Crippen LogP contribution in [0.3, 0.4) is 0 Å². The molecule has 168 valence electrons. The number of aliphatic imine (C=N–C) groups is 1. The number of nitrogens with zero attached hydrogens (tertiary/aromatic N) is 4.